The predicted octanol–water partition coefficient (Wildman–Crippen LogP) is 2.96. The fraction of sp³-hybridized carbons (Fsp3) is 0.143. The Bertz CT molecular complexity index is 339. The summed E-state index contributed by atoms with van der Waals surface area (Å²) in [6.07, 6.45) is 0. The molecule has 0 radical (unpaired) electrons. The molecule has 1 rings (SSSR count). The number of halogens is 6. The van der Waals surface area contributed by atoms with Gasteiger partial charge in [0.2, 0.25) is 29.1 Å². The van der Waals surface area contributed by atoms with Crippen molar-refractivity contribution in [2.24, 2.45) is 0 Å². The third-order valence-corrected chi connectivity index (χ3v) is 1.48. The number of benzene rings is 1. The molecule has 0 N–H and O–H groups in total. The molecule has 14 heavy (non-hydrogen) atoms. The van der Waals surface area contributed by atoms with E-state index in [1.807, 2.05) is 0 Å². The quantitative estimate of drug-likeness (QED) is 0.330. The monoisotopic (exact) mass is 232 g/mol. The lowest BCUT2D eigenvalue weighted by molar-refractivity contribution is 0.299. The van der Waals surface area contributed by atoms with Crippen molar-refractivity contribution in [1.29, 1.82) is 0 Å². The number of alkyl halides is 1. The van der Waals surface area contributed by atoms with E-state index in [1.165, 1.54) is 0 Å². The second-order valence-corrected chi connectivity index (χ2v) is 2.37. The van der Waals surface area contributed by atoms with Gasteiger partial charge in [0, 0.05) is 0 Å². The van der Waals surface area contributed by atoms with Gasteiger partial charge >= 0.3 is 0 Å². The van der Waals surface area contributed by atoms with Gasteiger partial charge in [0.15, 0.2) is 11.8 Å². The van der Waals surface area contributed by atoms with Crippen LogP contribution in [0, 0.1) is 29.1 Å². The van der Waals surface area contributed by atoms with Crippen LogP contribution in [-0.2, 0) is 0 Å². The Morgan fingerprint density at radius 2 is 1.14 bits per heavy atom. The summed E-state index contributed by atoms with van der Waals surface area (Å²) in [5, 5.41) is 0. The Kier molecular flexibility index (Phi) is 3.15. The molecule has 0 atom stereocenters. The van der Waals surface area contributed by atoms with Crippen LogP contribution in [0.15, 0.2) is 0 Å². The molecule has 0 bridgehead atoms. The Hall–Kier alpha value is -1.04. The average molecular weight is 233 g/mol. The first-order valence-electron chi connectivity index (χ1n) is 3.20. The van der Waals surface area contributed by atoms with Crippen LogP contribution in [-0.4, -0.2) is 6.07 Å². The lowest BCUT2D eigenvalue weighted by Gasteiger charge is -2.06. The maximum Gasteiger partial charge on any atom is 0.207 e. The van der Waals surface area contributed by atoms with Gasteiger partial charge in [0.05, 0.1) is 0 Å². The van der Waals surface area contributed by atoms with Gasteiger partial charge in [0.1, 0.15) is 0 Å². The summed E-state index contributed by atoms with van der Waals surface area (Å²) < 4.78 is 66.7. The van der Waals surface area contributed by atoms with Crippen molar-refractivity contribution in [1.82, 2.24) is 0 Å². The highest BCUT2D eigenvalue weighted by atomic mass is 35.5. The van der Waals surface area contributed by atoms with Gasteiger partial charge in [-0.05, 0) is 0 Å². The third kappa shape index (κ3) is 1.61. The van der Waals surface area contributed by atoms with Crippen LogP contribution in [0.1, 0.15) is 0 Å². The van der Waals surface area contributed by atoms with E-state index in [0.29, 0.717) is 0 Å². The van der Waals surface area contributed by atoms with E-state index >= 15 is 0 Å². The van der Waals surface area contributed by atoms with E-state index in [4.69, 9.17) is 11.6 Å². The van der Waals surface area contributed by atoms with Crippen LogP contribution in [0.2, 0.25) is 0 Å². The minimum atomic E-state index is -2.23. The van der Waals surface area contributed by atoms with Crippen LogP contribution in [0.25, 0.3) is 0 Å². The Morgan fingerprint density at radius 1 is 0.786 bits per heavy atom. The van der Waals surface area contributed by atoms with E-state index in [1.54, 1.807) is 0 Å². The molecule has 7 heteroatoms. The third-order valence-electron chi connectivity index (χ3n) is 1.37. The van der Waals surface area contributed by atoms with Gasteiger partial charge in [-0.25, -0.2) is 13.2 Å². The highest BCUT2D eigenvalue weighted by Crippen LogP contribution is 2.28. The maximum absolute atomic E-state index is 12.7. The molecule has 1 aromatic rings. The first-order valence-corrected chi connectivity index (χ1v) is 3.74. The number of rotatable bonds is 2. The van der Waals surface area contributed by atoms with Gasteiger partial charge in [-0.15, -0.1) is 0 Å². The topological polar surface area (TPSA) is 9.23 Å². The Balaban J connectivity index is 3.43. The highest BCUT2D eigenvalue weighted by Gasteiger charge is 2.26. The molecule has 0 unspecified atom stereocenters. The number of ether oxygens (including phenoxy) is 1. The van der Waals surface area contributed by atoms with Crippen molar-refractivity contribution in [2.75, 3.05) is 6.07 Å². The average Bonchev–Trinajstić information content (AvgIpc) is 2.19. The van der Waals surface area contributed by atoms with E-state index in [-0.39, 0.29) is 0 Å². The van der Waals surface area contributed by atoms with Crippen LogP contribution in [0.5, 0.6) is 5.75 Å². The SMILES string of the molecule is Fc1c(F)c(F)c(OCCl)c(F)c1F. The zero-order valence-corrected chi connectivity index (χ0v) is 7.14. The highest BCUT2D eigenvalue weighted by molar-refractivity contribution is 6.17. The summed E-state index contributed by atoms with van der Waals surface area (Å²) in [5.74, 6) is -11.8. The van der Waals surface area contributed by atoms with Crippen LogP contribution in [0.4, 0.5) is 22.0 Å². The van der Waals surface area contributed by atoms with Gasteiger partial charge in [0.25, 0.3) is 0 Å². The molecule has 0 aliphatic heterocycles. The normalized spacial score (nSPS) is 10.4. The van der Waals surface area contributed by atoms with E-state index in [0.717, 1.165) is 0 Å². The zero-order chi connectivity index (χ0) is 10.9. The van der Waals surface area contributed by atoms with Crippen molar-refractivity contribution in [2.45, 2.75) is 0 Å². The minimum absolute atomic E-state index is 0.724. The number of hydrogen-bond acceptors (Lipinski definition) is 1. The molecule has 0 aliphatic carbocycles. The zero-order valence-electron chi connectivity index (χ0n) is 6.38. The van der Waals surface area contributed by atoms with E-state index in [2.05, 4.69) is 4.74 Å². The summed E-state index contributed by atoms with van der Waals surface area (Å²) in [5.41, 5.74) is 0. The summed E-state index contributed by atoms with van der Waals surface area (Å²) >= 11 is 4.93. The maximum atomic E-state index is 12.7. The van der Waals surface area contributed by atoms with Gasteiger partial charge in [-0.2, -0.15) is 8.78 Å². The summed E-state index contributed by atoms with van der Waals surface area (Å²) in [6, 6.07) is -0.724. The molecule has 0 fully saturated rings. The van der Waals surface area contributed by atoms with Crippen molar-refractivity contribution < 1.29 is 26.7 Å². The molecular weight excluding hydrogens is 231 g/mol. The van der Waals surface area contributed by atoms with E-state index < -0.39 is 40.9 Å². The van der Waals surface area contributed by atoms with Gasteiger partial charge in [-0.3, -0.25) is 0 Å². The second kappa shape index (κ2) is 4.00. The first kappa shape index (κ1) is 11.0. The molecule has 1 aromatic carbocycles. The predicted molar refractivity (Wildman–Crippen MR) is 37.6 cm³/mol. The molecule has 0 aromatic heterocycles. The van der Waals surface area contributed by atoms with Crippen molar-refractivity contribution in [3.05, 3.63) is 29.1 Å². The molecule has 1 nitrogen and oxygen atoms in total. The molecule has 0 amide bonds. The van der Waals surface area contributed by atoms with Crippen LogP contribution >= 0.6 is 11.6 Å². The molecule has 0 aliphatic rings. The molecule has 0 spiro atoms. The van der Waals surface area contributed by atoms with Crippen LogP contribution in [0.3, 0.4) is 0 Å². The second-order valence-electron chi connectivity index (χ2n) is 2.15. The molecule has 78 valence electrons. The number of hydrogen-bond donors (Lipinski definition) is 0. The van der Waals surface area contributed by atoms with Crippen LogP contribution < -0.4 is 4.74 Å². The van der Waals surface area contributed by atoms with Gasteiger partial charge < -0.3 is 4.74 Å². The van der Waals surface area contributed by atoms with Crippen molar-refractivity contribution in [3.63, 3.8) is 0 Å². The Labute approximate surface area is 80.0 Å². The summed E-state index contributed by atoms with van der Waals surface area (Å²) in [6.45, 7) is 0. The summed E-state index contributed by atoms with van der Waals surface area (Å²) in [4.78, 5) is 0. The fourth-order valence-corrected chi connectivity index (χ4v) is 0.875. The molecule has 0 heterocycles. The van der Waals surface area contributed by atoms with Gasteiger partial charge in [-0.1, -0.05) is 11.6 Å². The van der Waals surface area contributed by atoms with Crippen molar-refractivity contribution >= 4 is 11.6 Å². The fourth-order valence-electron chi connectivity index (χ4n) is 0.766. The van der Waals surface area contributed by atoms with E-state index in [9.17, 15) is 22.0 Å². The Morgan fingerprint density at radius 3 is 1.50 bits per heavy atom. The smallest absolute Gasteiger partial charge is 0.207 e. The lowest BCUT2D eigenvalue weighted by atomic mass is 10.3. The lowest BCUT2D eigenvalue weighted by Crippen LogP contribution is -2.05. The van der Waals surface area contributed by atoms with Crippen molar-refractivity contribution in [3.8, 4) is 5.75 Å². The largest absolute Gasteiger partial charge is 0.471 e. The standard InChI is InChI=1S/C7H2ClF5O/c8-1-14-7-5(12)3(10)2(9)4(11)6(7)13/h1H2. The molecule has 0 saturated heterocycles. The first-order chi connectivity index (χ1) is 6.50. The molecule has 0 saturated carbocycles. The summed E-state index contributed by atoms with van der Waals surface area (Å²) in [7, 11) is 0. The minimum Gasteiger partial charge on any atom is -0.471 e. The molecular formula is C7H2ClF5O.